The molecule has 2 amide bonds. The van der Waals surface area contributed by atoms with Crippen molar-refractivity contribution in [2.24, 2.45) is 0 Å². The molecule has 2 rings (SSSR count). The first-order valence-electron chi connectivity index (χ1n) is 4.61. The predicted molar refractivity (Wildman–Crippen MR) is 64.3 cm³/mol. The van der Waals surface area contributed by atoms with Gasteiger partial charge in [0.25, 0.3) is 0 Å². The zero-order valence-electron chi connectivity index (χ0n) is 8.09. The number of benzene rings is 1. The Morgan fingerprint density at radius 2 is 2.19 bits per heavy atom. The number of anilines is 1. The van der Waals surface area contributed by atoms with Crippen molar-refractivity contribution in [3.05, 3.63) is 27.7 Å². The van der Waals surface area contributed by atoms with Crippen molar-refractivity contribution in [3.63, 3.8) is 0 Å². The summed E-state index contributed by atoms with van der Waals surface area (Å²) in [7, 11) is 0. The lowest BCUT2D eigenvalue weighted by molar-refractivity contribution is -0.124. The van der Waals surface area contributed by atoms with Gasteiger partial charge in [-0.05, 0) is 18.2 Å². The van der Waals surface area contributed by atoms with E-state index >= 15 is 0 Å². The summed E-state index contributed by atoms with van der Waals surface area (Å²) in [4.78, 5) is 22.3. The van der Waals surface area contributed by atoms with Gasteiger partial charge < -0.3 is 5.32 Å². The molecular weight excluding hydrogens is 295 g/mol. The van der Waals surface area contributed by atoms with Crippen LogP contribution < -0.4 is 10.6 Å². The van der Waals surface area contributed by atoms with E-state index in [0.29, 0.717) is 10.7 Å². The van der Waals surface area contributed by atoms with Gasteiger partial charge >= 0.3 is 0 Å². The molecule has 0 aromatic heterocycles. The quantitative estimate of drug-likeness (QED) is 0.821. The van der Waals surface area contributed by atoms with Crippen molar-refractivity contribution >= 4 is 45.0 Å². The first-order valence-corrected chi connectivity index (χ1v) is 5.78. The molecule has 1 heterocycles. The molecule has 0 saturated carbocycles. The molecule has 1 unspecified atom stereocenters. The molecule has 1 aliphatic rings. The molecule has 0 spiro atoms. The molecule has 0 bridgehead atoms. The molecule has 84 valence electrons. The summed E-state index contributed by atoms with van der Waals surface area (Å²) in [6.45, 7) is 0. The highest BCUT2D eigenvalue weighted by Crippen LogP contribution is 2.27. The van der Waals surface area contributed by atoms with E-state index in [9.17, 15) is 9.59 Å². The van der Waals surface area contributed by atoms with Crippen LogP contribution in [0.25, 0.3) is 0 Å². The number of imide groups is 1. The molecule has 0 radical (unpaired) electrons. The lowest BCUT2D eigenvalue weighted by atomic mass is 10.2. The van der Waals surface area contributed by atoms with E-state index < -0.39 is 6.04 Å². The second kappa shape index (κ2) is 4.43. The van der Waals surface area contributed by atoms with E-state index in [4.69, 9.17) is 11.6 Å². The summed E-state index contributed by atoms with van der Waals surface area (Å²) in [6.07, 6.45) is 0.141. The lowest BCUT2D eigenvalue weighted by Crippen LogP contribution is -2.30. The Morgan fingerprint density at radius 1 is 1.44 bits per heavy atom. The van der Waals surface area contributed by atoms with Crippen LogP contribution in [0.2, 0.25) is 5.02 Å². The number of carbonyl (C=O) groups excluding carboxylic acids is 2. The molecule has 1 aliphatic heterocycles. The van der Waals surface area contributed by atoms with Crippen LogP contribution in [0.15, 0.2) is 22.7 Å². The van der Waals surface area contributed by atoms with E-state index in [1.165, 1.54) is 0 Å². The molecule has 4 nitrogen and oxygen atoms in total. The maximum absolute atomic E-state index is 11.3. The molecule has 2 N–H and O–H groups in total. The Morgan fingerprint density at radius 3 is 2.81 bits per heavy atom. The van der Waals surface area contributed by atoms with Crippen LogP contribution in [0.1, 0.15) is 6.42 Å². The van der Waals surface area contributed by atoms with Gasteiger partial charge in [0.15, 0.2) is 0 Å². The maximum atomic E-state index is 11.3. The summed E-state index contributed by atoms with van der Waals surface area (Å²) in [6, 6.07) is 4.73. The Hall–Kier alpha value is -1.07. The average molecular weight is 304 g/mol. The highest BCUT2D eigenvalue weighted by Gasteiger charge is 2.30. The first kappa shape index (κ1) is 11.4. The zero-order chi connectivity index (χ0) is 11.7. The van der Waals surface area contributed by atoms with Gasteiger partial charge in [-0.15, -0.1) is 0 Å². The van der Waals surface area contributed by atoms with Crippen LogP contribution in [0.4, 0.5) is 5.69 Å². The van der Waals surface area contributed by atoms with Crippen molar-refractivity contribution in [1.82, 2.24) is 5.32 Å². The largest absolute Gasteiger partial charge is 0.372 e. The highest BCUT2D eigenvalue weighted by atomic mass is 79.9. The highest BCUT2D eigenvalue weighted by molar-refractivity contribution is 9.10. The smallest absolute Gasteiger partial charge is 0.249 e. The van der Waals surface area contributed by atoms with Gasteiger partial charge in [-0.2, -0.15) is 0 Å². The minimum absolute atomic E-state index is 0.141. The van der Waals surface area contributed by atoms with Gasteiger partial charge in [-0.1, -0.05) is 27.5 Å². The topological polar surface area (TPSA) is 58.2 Å². The molecule has 1 atom stereocenters. The SMILES string of the molecule is O=C1CC(Nc2cc(Br)ccc2Cl)C(=O)N1. The molecule has 0 aliphatic carbocycles. The first-order chi connectivity index (χ1) is 7.56. The van der Waals surface area contributed by atoms with E-state index in [2.05, 4.69) is 26.6 Å². The van der Waals surface area contributed by atoms with Crippen LogP contribution in [-0.4, -0.2) is 17.9 Å². The van der Waals surface area contributed by atoms with Crippen molar-refractivity contribution in [1.29, 1.82) is 0 Å². The van der Waals surface area contributed by atoms with Gasteiger partial charge in [0.05, 0.1) is 17.1 Å². The van der Waals surface area contributed by atoms with Crippen LogP contribution in [0, 0.1) is 0 Å². The second-order valence-electron chi connectivity index (χ2n) is 3.44. The lowest BCUT2D eigenvalue weighted by Gasteiger charge is -2.12. The van der Waals surface area contributed by atoms with Gasteiger partial charge in [0.1, 0.15) is 6.04 Å². The van der Waals surface area contributed by atoms with E-state index in [1.807, 2.05) is 0 Å². The number of hydrogen-bond acceptors (Lipinski definition) is 3. The number of carbonyl (C=O) groups is 2. The predicted octanol–water partition coefficient (Wildman–Crippen LogP) is 1.93. The minimum atomic E-state index is -0.542. The minimum Gasteiger partial charge on any atom is -0.372 e. The summed E-state index contributed by atoms with van der Waals surface area (Å²) in [5, 5.41) is 5.67. The normalized spacial score (nSPS) is 19.8. The van der Waals surface area contributed by atoms with Crippen molar-refractivity contribution < 1.29 is 9.59 Å². The Bertz CT molecular complexity index is 464. The Labute approximate surface area is 105 Å². The van der Waals surface area contributed by atoms with E-state index in [1.54, 1.807) is 18.2 Å². The third kappa shape index (κ3) is 2.36. The Kier molecular flexibility index (Phi) is 3.16. The van der Waals surface area contributed by atoms with E-state index in [0.717, 1.165) is 4.47 Å². The van der Waals surface area contributed by atoms with Crippen molar-refractivity contribution in [2.45, 2.75) is 12.5 Å². The fraction of sp³-hybridized carbons (Fsp3) is 0.200. The number of amides is 2. The van der Waals surface area contributed by atoms with Crippen LogP contribution in [0.3, 0.4) is 0 Å². The molecular formula is C10H8BrClN2O2. The monoisotopic (exact) mass is 302 g/mol. The van der Waals surface area contributed by atoms with Gasteiger partial charge in [0, 0.05) is 4.47 Å². The molecule has 6 heteroatoms. The second-order valence-corrected chi connectivity index (χ2v) is 4.76. The molecule has 1 aromatic rings. The fourth-order valence-corrected chi connectivity index (χ4v) is 2.00. The number of hydrogen-bond donors (Lipinski definition) is 2. The van der Waals surface area contributed by atoms with E-state index in [-0.39, 0.29) is 18.2 Å². The third-order valence-electron chi connectivity index (χ3n) is 2.23. The zero-order valence-corrected chi connectivity index (χ0v) is 10.4. The molecule has 1 aromatic carbocycles. The maximum Gasteiger partial charge on any atom is 0.249 e. The van der Waals surface area contributed by atoms with Crippen LogP contribution in [0.5, 0.6) is 0 Å². The standard InChI is InChI=1S/C10H8BrClN2O2/c11-5-1-2-6(12)7(3-5)13-8-4-9(15)14-10(8)16/h1-3,8,13H,4H2,(H,14,15,16). The summed E-state index contributed by atoms with van der Waals surface area (Å²) in [5.41, 5.74) is 0.630. The van der Waals surface area contributed by atoms with Crippen LogP contribution >= 0.6 is 27.5 Å². The number of nitrogens with one attached hydrogen (secondary N) is 2. The molecule has 16 heavy (non-hydrogen) atoms. The summed E-state index contributed by atoms with van der Waals surface area (Å²) < 4.78 is 0.851. The van der Waals surface area contributed by atoms with Crippen molar-refractivity contribution in [3.8, 4) is 0 Å². The fourth-order valence-electron chi connectivity index (χ4n) is 1.47. The van der Waals surface area contributed by atoms with Gasteiger partial charge in [-0.25, -0.2) is 0 Å². The third-order valence-corrected chi connectivity index (χ3v) is 3.05. The summed E-state index contributed by atoms with van der Waals surface area (Å²) in [5.74, 6) is -0.588. The van der Waals surface area contributed by atoms with Gasteiger partial charge in [-0.3, -0.25) is 14.9 Å². The van der Waals surface area contributed by atoms with Crippen LogP contribution in [-0.2, 0) is 9.59 Å². The summed E-state index contributed by atoms with van der Waals surface area (Å²) >= 11 is 9.27. The average Bonchev–Trinajstić information content (AvgIpc) is 2.51. The van der Waals surface area contributed by atoms with Gasteiger partial charge in [0.2, 0.25) is 11.8 Å². The van der Waals surface area contributed by atoms with Crippen molar-refractivity contribution in [2.75, 3.05) is 5.32 Å². The number of rotatable bonds is 2. The Balaban J connectivity index is 2.18. The number of halogens is 2. The molecule has 1 fully saturated rings. The molecule has 1 saturated heterocycles.